The van der Waals surface area contributed by atoms with Gasteiger partial charge in [-0.2, -0.15) is 0 Å². The second-order valence-electron chi connectivity index (χ2n) is 4.92. The van der Waals surface area contributed by atoms with Gasteiger partial charge in [-0.25, -0.2) is 0 Å². The van der Waals surface area contributed by atoms with Crippen LogP contribution in [0, 0.1) is 0 Å². The van der Waals surface area contributed by atoms with Gasteiger partial charge >= 0.3 is 0 Å². The summed E-state index contributed by atoms with van der Waals surface area (Å²) in [5.74, 6) is 0.978. The monoisotopic (exact) mass is 305 g/mol. The molecule has 0 aliphatic rings. The summed E-state index contributed by atoms with van der Waals surface area (Å²) in [4.78, 5) is 0. The lowest BCUT2D eigenvalue weighted by molar-refractivity contribution is 0.317. The van der Waals surface area contributed by atoms with E-state index in [-0.39, 0.29) is 11.8 Å². The Labute approximate surface area is 130 Å². The average molecular weight is 306 g/mol. The molecule has 0 amide bonds. The first-order chi connectivity index (χ1) is 10.1. The summed E-state index contributed by atoms with van der Waals surface area (Å²) in [6.07, 6.45) is 0.945. The summed E-state index contributed by atoms with van der Waals surface area (Å²) in [5.41, 5.74) is 1.74. The number of phenols is 1. The molecular weight excluding hydrogens is 286 g/mol. The van der Waals surface area contributed by atoms with Crippen LogP contribution < -0.4 is 10.1 Å². The predicted octanol–water partition coefficient (Wildman–Crippen LogP) is 5.01. The fourth-order valence-electron chi connectivity index (χ4n) is 2.10. The molecular formula is C17H20ClNO2. The Balaban J connectivity index is 2.09. The molecule has 0 radical (unpaired) electrons. The van der Waals surface area contributed by atoms with E-state index in [1.807, 2.05) is 43.3 Å². The molecule has 2 N–H and O–H groups in total. The molecule has 1 unspecified atom stereocenters. The Morgan fingerprint density at radius 1 is 1.24 bits per heavy atom. The number of para-hydroxylation sites is 1. The van der Waals surface area contributed by atoms with Crippen molar-refractivity contribution in [3.05, 3.63) is 53.1 Å². The summed E-state index contributed by atoms with van der Waals surface area (Å²) < 4.78 is 5.55. The van der Waals surface area contributed by atoms with Crippen LogP contribution in [0.2, 0.25) is 5.02 Å². The molecule has 112 valence electrons. The van der Waals surface area contributed by atoms with E-state index >= 15 is 0 Å². The Kier molecular flexibility index (Phi) is 5.34. The van der Waals surface area contributed by atoms with Crippen molar-refractivity contribution in [2.75, 3.05) is 11.9 Å². The summed E-state index contributed by atoms with van der Waals surface area (Å²) in [5, 5.41) is 13.8. The number of hydrogen-bond donors (Lipinski definition) is 2. The van der Waals surface area contributed by atoms with Crippen LogP contribution in [-0.2, 0) is 0 Å². The van der Waals surface area contributed by atoms with E-state index < -0.39 is 0 Å². The molecule has 3 nitrogen and oxygen atoms in total. The molecule has 2 rings (SSSR count). The van der Waals surface area contributed by atoms with Gasteiger partial charge in [-0.3, -0.25) is 0 Å². The van der Waals surface area contributed by atoms with E-state index in [1.165, 1.54) is 0 Å². The highest BCUT2D eigenvalue weighted by Gasteiger charge is 2.10. The standard InChI is InChI=1S/C17H20ClNO2/c1-3-10-21-17-9-8-13(11-15(17)18)19-12(2)14-6-4-5-7-16(14)20/h4-9,11-12,19-20H,3,10H2,1-2H3. The van der Waals surface area contributed by atoms with Gasteiger partial charge in [-0.15, -0.1) is 0 Å². The van der Waals surface area contributed by atoms with Gasteiger partial charge in [-0.1, -0.05) is 36.7 Å². The van der Waals surface area contributed by atoms with Crippen LogP contribution in [0.1, 0.15) is 31.9 Å². The Morgan fingerprint density at radius 3 is 2.67 bits per heavy atom. The minimum Gasteiger partial charge on any atom is -0.508 e. The van der Waals surface area contributed by atoms with Crippen LogP contribution in [0.25, 0.3) is 0 Å². The normalized spacial score (nSPS) is 12.0. The first-order valence-electron chi connectivity index (χ1n) is 7.08. The number of anilines is 1. The summed E-state index contributed by atoms with van der Waals surface area (Å²) >= 11 is 6.21. The first kappa shape index (κ1) is 15.5. The van der Waals surface area contributed by atoms with E-state index in [4.69, 9.17) is 16.3 Å². The zero-order valence-corrected chi connectivity index (χ0v) is 13.0. The Morgan fingerprint density at radius 2 is 2.00 bits per heavy atom. The van der Waals surface area contributed by atoms with Crippen molar-refractivity contribution < 1.29 is 9.84 Å². The lowest BCUT2D eigenvalue weighted by atomic mass is 10.1. The molecule has 0 heterocycles. The molecule has 0 bridgehead atoms. The first-order valence-corrected chi connectivity index (χ1v) is 7.46. The van der Waals surface area contributed by atoms with E-state index in [0.29, 0.717) is 17.4 Å². The van der Waals surface area contributed by atoms with Gasteiger partial charge in [0.1, 0.15) is 11.5 Å². The smallest absolute Gasteiger partial charge is 0.138 e. The second kappa shape index (κ2) is 7.23. The highest BCUT2D eigenvalue weighted by Crippen LogP contribution is 2.31. The summed E-state index contributed by atoms with van der Waals surface area (Å²) in [7, 11) is 0. The molecule has 0 aliphatic carbocycles. The highest BCUT2D eigenvalue weighted by atomic mass is 35.5. The van der Waals surface area contributed by atoms with Crippen molar-refractivity contribution in [3.8, 4) is 11.5 Å². The van der Waals surface area contributed by atoms with Gasteiger partial charge in [0.25, 0.3) is 0 Å². The molecule has 0 aliphatic heterocycles. The number of benzene rings is 2. The largest absolute Gasteiger partial charge is 0.508 e. The molecule has 0 spiro atoms. The molecule has 1 atom stereocenters. The van der Waals surface area contributed by atoms with Crippen LogP contribution in [-0.4, -0.2) is 11.7 Å². The number of aromatic hydroxyl groups is 1. The maximum Gasteiger partial charge on any atom is 0.138 e. The van der Waals surface area contributed by atoms with E-state index in [1.54, 1.807) is 6.07 Å². The third kappa shape index (κ3) is 4.05. The Bertz CT molecular complexity index is 601. The molecule has 0 saturated heterocycles. The van der Waals surface area contributed by atoms with Crippen molar-refractivity contribution in [2.45, 2.75) is 26.3 Å². The van der Waals surface area contributed by atoms with Crippen molar-refractivity contribution in [3.63, 3.8) is 0 Å². The van der Waals surface area contributed by atoms with Gasteiger partial charge in [0.15, 0.2) is 0 Å². The molecule has 2 aromatic rings. The van der Waals surface area contributed by atoms with Gasteiger partial charge in [-0.05, 0) is 37.6 Å². The van der Waals surface area contributed by atoms with Gasteiger partial charge < -0.3 is 15.2 Å². The third-order valence-electron chi connectivity index (χ3n) is 3.18. The van der Waals surface area contributed by atoms with Gasteiger partial charge in [0.05, 0.1) is 17.7 Å². The van der Waals surface area contributed by atoms with Crippen molar-refractivity contribution in [2.24, 2.45) is 0 Å². The third-order valence-corrected chi connectivity index (χ3v) is 3.48. The van der Waals surface area contributed by atoms with Crippen molar-refractivity contribution >= 4 is 17.3 Å². The quantitative estimate of drug-likeness (QED) is 0.788. The lowest BCUT2D eigenvalue weighted by Gasteiger charge is -2.17. The van der Waals surface area contributed by atoms with Crippen LogP contribution in [0.5, 0.6) is 11.5 Å². The SMILES string of the molecule is CCCOc1ccc(NC(C)c2ccccc2O)cc1Cl. The van der Waals surface area contributed by atoms with Crippen LogP contribution in [0.3, 0.4) is 0 Å². The van der Waals surface area contributed by atoms with Crippen molar-refractivity contribution in [1.29, 1.82) is 0 Å². The maximum absolute atomic E-state index is 9.87. The minimum absolute atomic E-state index is 0.0234. The lowest BCUT2D eigenvalue weighted by Crippen LogP contribution is -2.07. The summed E-state index contributed by atoms with van der Waals surface area (Å²) in [6.45, 7) is 4.70. The number of hydrogen-bond acceptors (Lipinski definition) is 3. The molecule has 2 aromatic carbocycles. The number of rotatable bonds is 6. The molecule has 4 heteroatoms. The minimum atomic E-state index is -0.0234. The summed E-state index contributed by atoms with van der Waals surface area (Å²) in [6, 6.07) is 12.9. The highest BCUT2D eigenvalue weighted by molar-refractivity contribution is 6.32. The number of ether oxygens (including phenoxy) is 1. The van der Waals surface area contributed by atoms with Gasteiger partial charge in [0.2, 0.25) is 0 Å². The van der Waals surface area contributed by atoms with E-state index in [9.17, 15) is 5.11 Å². The fraction of sp³-hybridized carbons (Fsp3) is 0.294. The average Bonchev–Trinajstić information content (AvgIpc) is 2.47. The van der Waals surface area contributed by atoms with E-state index in [0.717, 1.165) is 17.7 Å². The maximum atomic E-state index is 9.87. The molecule has 0 aromatic heterocycles. The van der Waals surface area contributed by atoms with Crippen LogP contribution in [0.4, 0.5) is 5.69 Å². The molecule has 0 saturated carbocycles. The topological polar surface area (TPSA) is 41.5 Å². The molecule has 21 heavy (non-hydrogen) atoms. The van der Waals surface area contributed by atoms with Crippen LogP contribution >= 0.6 is 11.6 Å². The number of halogens is 1. The van der Waals surface area contributed by atoms with Crippen LogP contribution in [0.15, 0.2) is 42.5 Å². The molecule has 0 fully saturated rings. The zero-order chi connectivity index (χ0) is 15.2. The fourth-order valence-corrected chi connectivity index (χ4v) is 2.34. The van der Waals surface area contributed by atoms with E-state index in [2.05, 4.69) is 12.2 Å². The predicted molar refractivity (Wildman–Crippen MR) is 87.4 cm³/mol. The Hall–Kier alpha value is -1.87. The zero-order valence-electron chi connectivity index (χ0n) is 12.3. The number of phenolic OH excluding ortho intramolecular Hbond substituents is 1. The number of nitrogens with one attached hydrogen (secondary N) is 1. The van der Waals surface area contributed by atoms with Crippen molar-refractivity contribution in [1.82, 2.24) is 0 Å². The second-order valence-corrected chi connectivity index (χ2v) is 5.33. The van der Waals surface area contributed by atoms with Gasteiger partial charge in [0, 0.05) is 11.3 Å².